The highest BCUT2D eigenvalue weighted by atomic mass is 32.2. The Balaban J connectivity index is 1.40. The number of benzene rings is 2. The minimum atomic E-state index is -4.42. The summed E-state index contributed by atoms with van der Waals surface area (Å²) in [4.78, 5) is 31.0. The molecule has 9 heteroatoms. The van der Waals surface area contributed by atoms with Crippen molar-refractivity contribution < 1.29 is 22.8 Å². The maximum absolute atomic E-state index is 13.3. The molecule has 0 unspecified atom stereocenters. The summed E-state index contributed by atoms with van der Waals surface area (Å²) in [6, 6.07) is 12.0. The summed E-state index contributed by atoms with van der Waals surface area (Å²) in [5.74, 6) is 0.114. The molecule has 1 fully saturated rings. The maximum Gasteiger partial charge on any atom is 0.416 e. The second kappa shape index (κ2) is 11.5. The van der Waals surface area contributed by atoms with Gasteiger partial charge in [0.2, 0.25) is 5.91 Å². The Morgan fingerprint density at radius 1 is 1.17 bits per heavy atom. The van der Waals surface area contributed by atoms with Gasteiger partial charge in [-0.05, 0) is 74.2 Å². The number of para-hydroxylation sites is 1. The fourth-order valence-electron chi connectivity index (χ4n) is 4.56. The Hall–Kier alpha value is -2.78. The number of hydrogen-bond donors (Lipinski definition) is 1. The molecule has 2 heterocycles. The summed E-state index contributed by atoms with van der Waals surface area (Å²) in [6.07, 6.45) is 0.471. The number of thioether (sulfide) groups is 1. The van der Waals surface area contributed by atoms with Gasteiger partial charge in [0, 0.05) is 18.0 Å². The van der Waals surface area contributed by atoms with Crippen LogP contribution < -0.4 is 10.2 Å². The van der Waals surface area contributed by atoms with E-state index in [4.69, 9.17) is 0 Å². The lowest BCUT2D eigenvalue weighted by molar-refractivity contribution is -0.137. The molecule has 1 N–H and O–H groups in total. The molecule has 0 aliphatic carbocycles. The number of rotatable bonds is 7. The van der Waals surface area contributed by atoms with Crippen LogP contribution in [-0.4, -0.2) is 49.4 Å². The molecule has 4 rings (SSSR count). The summed E-state index contributed by atoms with van der Waals surface area (Å²) >= 11 is 1.25. The van der Waals surface area contributed by atoms with Crippen LogP contribution in [0, 0.1) is 5.92 Å². The molecule has 2 aromatic carbocycles. The maximum atomic E-state index is 13.3. The molecule has 1 atom stereocenters. The Morgan fingerprint density at radius 3 is 2.64 bits per heavy atom. The van der Waals surface area contributed by atoms with Gasteiger partial charge in [-0.3, -0.25) is 14.5 Å². The monoisotopic (exact) mass is 517 g/mol. The molecule has 1 saturated heterocycles. The molecule has 0 spiro atoms. The van der Waals surface area contributed by atoms with Gasteiger partial charge in [0.05, 0.1) is 16.2 Å². The minimum Gasteiger partial charge on any atom is -0.355 e. The Labute approximate surface area is 213 Å². The first-order valence-electron chi connectivity index (χ1n) is 12.2. The van der Waals surface area contributed by atoms with E-state index < -0.39 is 11.7 Å². The van der Waals surface area contributed by atoms with Gasteiger partial charge >= 0.3 is 6.18 Å². The van der Waals surface area contributed by atoms with Gasteiger partial charge in [-0.2, -0.15) is 13.2 Å². The van der Waals surface area contributed by atoms with Crippen molar-refractivity contribution in [2.75, 3.05) is 37.6 Å². The van der Waals surface area contributed by atoms with Gasteiger partial charge in [-0.1, -0.05) is 43.0 Å². The van der Waals surface area contributed by atoms with Crippen LogP contribution in [0.25, 0.3) is 6.08 Å². The Bertz CT molecular complexity index is 1120. The fourth-order valence-corrected chi connectivity index (χ4v) is 5.62. The normalized spacial score (nSPS) is 19.9. The van der Waals surface area contributed by atoms with Gasteiger partial charge in [-0.15, -0.1) is 0 Å². The van der Waals surface area contributed by atoms with Crippen LogP contribution >= 0.6 is 11.8 Å². The van der Waals surface area contributed by atoms with E-state index in [1.165, 1.54) is 41.6 Å². The summed E-state index contributed by atoms with van der Waals surface area (Å²) < 4.78 is 38.6. The molecule has 36 heavy (non-hydrogen) atoms. The first kappa shape index (κ1) is 26.3. The number of halogens is 3. The topological polar surface area (TPSA) is 52.7 Å². The lowest BCUT2D eigenvalue weighted by Gasteiger charge is -2.31. The van der Waals surface area contributed by atoms with Crippen molar-refractivity contribution in [3.8, 4) is 0 Å². The lowest BCUT2D eigenvalue weighted by Crippen LogP contribution is -2.43. The zero-order valence-electron chi connectivity index (χ0n) is 20.2. The molecule has 2 aliphatic rings. The fraction of sp³-hybridized carbons (Fsp3) is 0.407. The quantitative estimate of drug-likeness (QED) is 0.394. The van der Waals surface area contributed by atoms with Crippen molar-refractivity contribution in [3.63, 3.8) is 0 Å². The molecular weight excluding hydrogens is 487 g/mol. The summed E-state index contributed by atoms with van der Waals surface area (Å²) in [7, 11) is 0. The predicted octanol–water partition coefficient (Wildman–Crippen LogP) is 5.42. The van der Waals surface area contributed by atoms with E-state index in [9.17, 15) is 22.8 Å². The first-order chi connectivity index (χ1) is 17.2. The second-order valence-corrected chi connectivity index (χ2v) is 10.4. The molecule has 0 bridgehead atoms. The zero-order valence-corrected chi connectivity index (χ0v) is 21.0. The van der Waals surface area contributed by atoms with Gasteiger partial charge in [0.1, 0.15) is 6.54 Å². The lowest BCUT2D eigenvalue weighted by atomic mass is 10.0. The van der Waals surface area contributed by atoms with Crippen molar-refractivity contribution in [2.45, 2.75) is 37.3 Å². The van der Waals surface area contributed by atoms with Crippen LogP contribution in [0.1, 0.15) is 37.3 Å². The van der Waals surface area contributed by atoms with Crippen molar-refractivity contribution in [1.29, 1.82) is 0 Å². The molecule has 5 nitrogen and oxygen atoms in total. The Morgan fingerprint density at radius 2 is 1.92 bits per heavy atom. The molecule has 0 radical (unpaired) electrons. The summed E-state index contributed by atoms with van der Waals surface area (Å²) in [5, 5.41) is 2.92. The van der Waals surface area contributed by atoms with Gasteiger partial charge in [-0.25, -0.2) is 0 Å². The van der Waals surface area contributed by atoms with Crippen LogP contribution in [0.3, 0.4) is 0 Å². The van der Waals surface area contributed by atoms with Crippen LogP contribution in [0.15, 0.2) is 58.3 Å². The highest BCUT2D eigenvalue weighted by molar-refractivity contribution is 8.04. The molecule has 0 aromatic heterocycles. The number of amides is 2. The number of piperidine rings is 1. The average molecular weight is 518 g/mol. The average Bonchev–Trinajstić information content (AvgIpc) is 2.84. The standard InChI is InChI=1S/C27H30F3N3O2S/c1-19-6-4-14-32(17-19)15-5-13-31-25(34)18-33-22-7-2-3-8-23(22)36-24(26(33)35)16-20-9-11-21(12-10-20)27(28,29)30/h2-3,7-12,16,19H,4-6,13-15,17-18H2,1H3,(H,31,34)/b24-16-/t19-/m1/s1. The van der Waals surface area contributed by atoms with Crippen LogP contribution in [0.2, 0.25) is 0 Å². The van der Waals surface area contributed by atoms with E-state index in [1.807, 2.05) is 18.2 Å². The number of alkyl halides is 3. The van der Waals surface area contributed by atoms with Crippen molar-refractivity contribution in [2.24, 2.45) is 5.92 Å². The van der Waals surface area contributed by atoms with E-state index in [0.29, 0.717) is 28.6 Å². The summed E-state index contributed by atoms with van der Waals surface area (Å²) in [6.45, 7) is 5.81. The molecule has 2 amide bonds. The van der Waals surface area contributed by atoms with E-state index in [-0.39, 0.29) is 18.4 Å². The predicted molar refractivity (Wildman–Crippen MR) is 137 cm³/mol. The number of nitrogens with zero attached hydrogens (tertiary/aromatic N) is 2. The number of fused-ring (bicyclic) bond motifs is 1. The van der Waals surface area contributed by atoms with E-state index in [0.717, 1.165) is 43.1 Å². The number of likely N-dealkylation sites (tertiary alicyclic amines) is 1. The van der Waals surface area contributed by atoms with E-state index in [2.05, 4.69) is 17.1 Å². The molecule has 2 aromatic rings. The van der Waals surface area contributed by atoms with Crippen LogP contribution in [-0.2, 0) is 15.8 Å². The van der Waals surface area contributed by atoms with E-state index >= 15 is 0 Å². The largest absolute Gasteiger partial charge is 0.416 e. The number of nitrogens with one attached hydrogen (secondary N) is 1. The van der Waals surface area contributed by atoms with Crippen molar-refractivity contribution in [1.82, 2.24) is 10.2 Å². The SMILES string of the molecule is C[C@@H]1CCCN(CCCNC(=O)CN2C(=O)/C(=C/c3ccc(C(F)(F)F)cc3)Sc3ccccc32)C1. The highest BCUT2D eigenvalue weighted by Crippen LogP contribution is 2.42. The zero-order chi connectivity index (χ0) is 25.7. The number of carbonyl (C=O) groups is 2. The highest BCUT2D eigenvalue weighted by Gasteiger charge is 2.31. The third-order valence-electron chi connectivity index (χ3n) is 6.38. The van der Waals surface area contributed by atoms with Crippen molar-refractivity contribution >= 4 is 35.3 Å². The third kappa shape index (κ3) is 6.70. The molecule has 2 aliphatic heterocycles. The first-order valence-corrected chi connectivity index (χ1v) is 13.0. The van der Waals surface area contributed by atoms with Crippen molar-refractivity contribution in [3.05, 3.63) is 64.6 Å². The minimum absolute atomic E-state index is 0.124. The summed E-state index contributed by atoms with van der Waals surface area (Å²) in [5.41, 5.74) is 0.384. The van der Waals surface area contributed by atoms with Crippen LogP contribution in [0.5, 0.6) is 0 Å². The number of carbonyl (C=O) groups excluding carboxylic acids is 2. The van der Waals surface area contributed by atoms with Crippen LogP contribution in [0.4, 0.5) is 18.9 Å². The molecular formula is C27H30F3N3O2S. The third-order valence-corrected chi connectivity index (χ3v) is 7.46. The Kier molecular flexibility index (Phi) is 8.41. The van der Waals surface area contributed by atoms with Gasteiger partial charge in [0.15, 0.2) is 0 Å². The van der Waals surface area contributed by atoms with Gasteiger partial charge < -0.3 is 10.2 Å². The smallest absolute Gasteiger partial charge is 0.355 e. The van der Waals surface area contributed by atoms with E-state index in [1.54, 1.807) is 12.1 Å². The molecule has 192 valence electrons. The van der Waals surface area contributed by atoms with Gasteiger partial charge in [0.25, 0.3) is 5.91 Å². The molecule has 0 saturated carbocycles. The second-order valence-electron chi connectivity index (χ2n) is 9.34. The number of anilines is 1. The number of hydrogen-bond acceptors (Lipinski definition) is 4.